The van der Waals surface area contributed by atoms with Crippen LogP contribution >= 0.6 is 0 Å². The minimum atomic E-state index is -0.530. The van der Waals surface area contributed by atoms with Gasteiger partial charge in [-0.2, -0.15) is 0 Å². The summed E-state index contributed by atoms with van der Waals surface area (Å²) in [6, 6.07) is 85.5. The normalized spacial score (nSPS) is 10.8. The summed E-state index contributed by atoms with van der Waals surface area (Å²) in [7, 11) is 6.43. The Hall–Kier alpha value is -13.2. The molecule has 14 rings (SSSR count). The predicted molar refractivity (Wildman–Crippen MR) is 478 cm³/mol. The Bertz CT molecular complexity index is 5550. The number of unbranched alkanes of at least 4 members (excludes halogenated alkanes) is 2. The van der Waals surface area contributed by atoms with Gasteiger partial charge in [-0.3, -0.25) is 30.2 Å². The highest BCUT2D eigenvalue weighted by Crippen LogP contribution is 2.36. The minimum Gasteiger partial charge on any atom is -0.465 e. The number of nitro benzene ring substituents is 2. The first-order chi connectivity index (χ1) is 57.6. The van der Waals surface area contributed by atoms with Crippen LogP contribution in [0.4, 0.5) is 22.7 Å². The fourth-order valence-electron chi connectivity index (χ4n) is 14.5. The van der Waals surface area contributed by atoms with Crippen molar-refractivity contribution >= 4 is 56.7 Å². The van der Waals surface area contributed by atoms with Gasteiger partial charge >= 0.3 is 5.97 Å². The van der Waals surface area contributed by atoms with Crippen molar-refractivity contribution in [3.8, 4) is 55.6 Å². The van der Waals surface area contributed by atoms with Crippen LogP contribution in [-0.4, -0.2) is 94.3 Å². The van der Waals surface area contributed by atoms with Crippen LogP contribution in [0, 0.1) is 54.8 Å². The van der Waals surface area contributed by atoms with Gasteiger partial charge in [0, 0.05) is 82.8 Å². The third-order valence-electron chi connectivity index (χ3n) is 20.7. The molecule has 20 heteroatoms. The molecule has 0 unspecified atom stereocenters. The Morgan fingerprint density at radius 1 is 0.420 bits per heavy atom. The van der Waals surface area contributed by atoms with Crippen molar-refractivity contribution in [3.63, 3.8) is 0 Å². The highest BCUT2D eigenvalue weighted by Gasteiger charge is 2.22. The smallest absolute Gasteiger partial charge is 0.337 e. The summed E-state index contributed by atoms with van der Waals surface area (Å²) < 4.78 is 25.0. The van der Waals surface area contributed by atoms with Gasteiger partial charge in [0.15, 0.2) is 0 Å². The molecule has 119 heavy (non-hydrogen) atoms. The van der Waals surface area contributed by atoms with Crippen molar-refractivity contribution in [2.24, 2.45) is 0 Å². The number of fused-ring (bicyclic) bond motifs is 2. The van der Waals surface area contributed by atoms with Gasteiger partial charge in [-0.25, -0.2) is 20.2 Å². The van der Waals surface area contributed by atoms with E-state index >= 15 is 0 Å². The molecule has 0 aliphatic carbocycles. The fraction of sp³-hybridized carbons (Fsp3) is 0.232. The molecule has 0 spiro atoms. The number of nitrogen functional groups attached to an aromatic ring is 2. The number of anilines is 2. The monoisotopic (exact) mass is 1600 g/mol. The van der Waals surface area contributed by atoms with Crippen LogP contribution in [0.2, 0.25) is 0 Å². The Morgan fingerprint density at radius 3 is 1.21 bits per heavy atom. The lowest BCUT2D eigenvalue weighted by Gasteiger charge is -2.12. The molecule has 14 aromatic rings. The van der Waals surface area contributed by atoms with E-state index in [0.717, 1.165) is 102 Å². The minimum absolute atomic E-state index is 0.0396. The van der Waals surface area contributed by atoms with E-state index < -0.39 is 10.8 Å². The highest BCUT2D eigenvalue weighted by atomic mass is 16.6. The summed E-state index contributed by atoms with van der Waals surface area (Å²) in [5, 5.41) is 30.9. The Labute approximate surface area is 696 Å². The zero-order valence-electron chi connectivity index (χ0n) is 69.4. The molecule has 0 radical (unpaired) electrons. The summed E-state index contributed by atoms with van der Waals surface area (Å²) in [5.74, 6) is 0.979. The molecule has 6 N–H and O–H groups in total. The van der Waals surface area contributed by atoms with Gasteiger partial charge in [0.2, 0.25) is 0 Å². The first-order valence-electron chi connectivity index (χ1n) is 39.8. The van der Waals surface area contributed by atoms with Gasteiger partial charge in [-0.05, 0) is 233 Å². The van der Waals surface area contributed by atoms with E-state index in [-0.39, 0.29) is 28.0 Å². The summed E-state index contributed by atoms with van der Waals surface area (Å²) in [6.45, 7) is 15.5. The summed E-state index contributed by atoms with van der Waals surface area (Å²) in [6.07, 6.45) is 7.41. The van der Waals surface area contributed by atoms with Gasteiger partial charge < -0.3 is 39.5 Å². The number of methoxy groups -OCH3 is 4. The number of hydroxylamine groups is 1. The third-order valence-corrected chi connectivity index (χ3v) is 20.7. The quantitative estimate of drug-likeness (QED) is 0.00930. The van der Waals surface area contributed by atoms with E-state index in [4.69, 9.17) is 45.6 Å². The number of hydrogen-bond donors (Lipinski definition) is 4. The average Bonchev–Trinajstić information content (AvgIpc) is 1.65. The second-order valence-electron chi connectivity index (χ2n) is 29.1. The van der Waals surface area contributed by atoms with Crippen LogP contribution in [0.1, 0.15) is 115 Å². The van der Waals surface area contributed by atoms with Crippen molar-refractivity contribution in [2.45, 2.75) is 106 Å². The lowest BCUT2D eigenvalue weighted by Crippen LogP contribution is -2.18. The third kappa shape index (κ3) is 23.5. The molecule has 0 bridgehead atoms. The second kappa shape index (κ2) is 43.6. The molecule has 0 atom stereocenters. The fourth-order valence-corrected chi connectivity index (χ4v) is 14.5. The summed E-state index contributed by atoms with van der Waals surface area (Å²) in [5.41, 5.74) is 40.6. The number of amides is 1. The predicted octanol–water partition coefficient (Wildman–Crippen LogP) is 21.7. The second-order valence-corrected chi connectivity index (χ2v) is 29.1. The number of rotatable bonds is 27. The molecular formula is C99H105N9O11. The van der Waals surface area contributed by atoms with E-state index in [1.54, 1.807) is 63.2 Å². The van der Waals surface area contributed by atoms with Crippen molar-refractivity contribution in [1.29, 1.82) is 0 Å². The van der Waals surface area contributed by atoms with Crippen LogP contribution < -0.4 is 16.9 Å². The number of nitrogens with one attached hydrogen (secondary N) is 1. The average molecular weight is 1600 g/mol. The standard InChI is InChI=1S/C26H26N2O3.C25H25N3O3.C18H23N.C17H19NO3.C13H12N2O2/c1-18-14-23-24(17-22(18)20-9-5-4-6-10-20)28(12-13-30-2)25(27-23)16-19-8-7-11-21(15-19)26(29)31-3;1-17-13-22-23(16-21(17)19-8-4-3-5-9-19)28(11-12-31-2)24(26-22)15-18-7-6-10-20(14-18)25(29)27-30;1-3-4-6-11-16-13-17(14(2)12-18(16)19)15-9-7-5-8-10-15;1-13-11-17(18(19)20)15(9-6-10-21-2)12-16(13)14-7-4-3-5-8-14;1-9-7-13(15(16)17)12(14)8-11(9)10-5-3-2-4-6-10/h4-11,14-15,17H,12-13,16H2,1-3H3;3-10,13-14,16,30H,11-12,15H2,1-2H3,(H,27,29);5,7-10,12-13H,3-4,6,11,19H2,1-2H3;3-5,7-8,11-12H,6,9-10H2,1-2H3;2-8H,14H2,1H3. The number of nitro groups is 2. The van der Waals surface area contributed by atoms with Gasteiger partial charge in [0.1, 0.15) is 17.3 Å². The van der Waals surface area contributed by atoms with E-state index in [2.05, 4.69) is 140 Å². The van der Waals surface area contributed by atoms with Crippen LogP contribution in [0.15, 0.2) is 261 Å². The van der Waals surface area contributed by atoms with Crippen LogP contribution in [-0.2, 0) is 57.7 Å². The summed E-state index contributed by atoms with van der Waals surface area (Å²) >= 11 is 0. The number of aromatic nitrogens is 4. The number of aryl methyl sites for hydroxylation is 7. The maximum absolute atomic E-state index is 11.9. The first-order valence-corrected chi connectivity index (χ1v) is 39.8. The largest absolute Gasteiger partial charge is 0.465 e. The van der Waals surface area contributed by atoms with E-state index in [0.29, 0.717) is 63.3 Å². The number of carbonyl (C=O) groups is 2. The number of nitrogens with zero attached hydrogens (tertiary/aromatic N) is 6. The number of ether oxygens (including phenoxy) is 4. The molecule has 0 aliphatic rings. The maximum atomic E-state index is 11.9. The number of imidazole rings is 2. The molecule has 0 saturated heterocycles. The van der Waals surface area contributed by atoms with Crippen LogP contribution in [0.3, 0.4) is 0 Å². The van der Waals surface area contributed by atoms with Crippen molar-refractivity contribution in [2.75, 3.05) is 59.7 Å². The van der Waals surface area contributed by atoms with Gasteiger partial charge in [0.25, 0.3) is 17.3 Å². The lowest BCUT2D eigenvalue weighted by atomic mass is 9.95. The van der Waals surface area contributed by atoms with Gasteiger partial charge in [0.05, 0.1) is 57.8 Å². The zero-order chi connectivity index (χ0) is 84.9. The van der Waals surface area contributed by atoms with E-state index in [1.807, 2.05) is 129 Å². The Balaban J connectivity index is 0.000000160. The van der Waals surface area contributed by atoms with Gasteiger partial charge in [-0.15, -0.1) is 0 Å². The van der Waals surface area contributed by atoms with Crippen LogP contribution in [0.5, 0.6) is 0 Å². The molecule has 612 valence electrons. The van der Waals surface area contributed by atoms with E-state index in [9.17, 15) is 29.8 Å². The number of esters is 1. The van der Waals surface area contributed by atoms with Crippen molar-refractivity contribution in [3.05, 3.63) is 354 Å². The molecule has 1 amide bonds. The topological polar surface area (TPSA) is 277 Å². The first kappa shape index (κ1) is 88.1. The number of hydrogen-bond acceptors (Lipinski definition) is 15. The molecule has 20 nitrogen and oxygen atoms in total. The molecule has 2 heterocycles. The molecule has 0 fully saturated rings. The number of carbonyl (C=O) groups excluding carboxylic acids is 2. The number of nitrogens with two attached hydrogens (primary N) is 2. The molecular weight excluding hydrogens is 1490 g/mol. The molecule has 0 saturated carbocycles. The Morgan fingerprint density at radius 2 is 0.798 bits per heavy atom. The summed E-state index contributed by atoms with van der Waals surface area (Å²) in [4.78, 5) is 54.8. The SMILES string of the molecule is CCCCCc1cc(-c2ccccc2)c(C)cc1N.COCCCc1cc(-c2ccccc2)c(C)cc1[N+](=O)[O-].COCCn1c(Cc2cccc(C(=O)NO)c2)nc2cc(C)c(-c3ccccc3)cc21.COCCn1c(Cc2cccc(C(=O)OC)c2)nc2cc(C)c(-c3ccccc3)cc21.Cc1cc([N+](=O)[O-])c(N)cc1-c1ccccc1. The van der Waals surface area contributed by atoms with E-state index in [1.165, 1.54) is 88.1 Å². The molecule has 12 aromatic carbocycles. The Kier molecular flexibility index (Phi) is 32.3. The van der Waals surface area contributed by atoms with Crippen molar-refractivity contribution < 1.29 is 43.6 Å². The number of benzene rings is 12. The molecule has 2 aromatic heterocycles. The van der Waals surface area contributed by atoms with Crippen LogP contribution in [0.25, 0.3) is 77.7 Å². The van der Waals surface area contributed by atoms with Gasteiger partial charge in [-0.1, -0.05) is 196 Å². The zero-order valence-corrected chi connectivity index (χ0v) is 69.4. The lowest BCUT2D eigenvalue weighted by molar-refractivity contribution is -0.385. The highest BCUT2D eigenvalue weighted by molar-refractivity contribution is 5.94. The van der Waals surface area contributed by atoms with Crippen molar-refractivity contribution in [1.82, 2.24) is 24.6 Å². The maximum Gasteiger partial charge on any atom is 0.337 e. The molecule has 0 aliphatic heterocycles.